The van der Waals surface area contributed by atoms with Crippen molar-refractivity contribution in [2.45, 2.75) is 19.3 Å². The Labute approximate surface area is 138 Å². The molecule has 0 bridgehead atoms. The lowest BCUT2D eigenvalue weighted by Gasteiger charge is -2.26. The Hall–Kier alpha value is -1.53. The van der Waals surface area contributed by atoms with Crippen molar-refractivity contribution in [3.63, 3.8) is 0 Å². The molecule has 0 radical (unpaired) electrons. The van der Waals surface area contributed by atoms with Crippen LogP contribution < -0.4 is 10.6 Å². The van der Waals surface area contributed by atoms with Crippen molar-refractivity contribution in [3.05, 3.63) is 24.2 Å². The first kappa shape index (κ1) is 16.3. The highest BCUT2D eigenvalue weighted by Gasteiger charge is 2.20. The zero-order chi connectivity index (χ0) is 15.7. The summed E-state index contributed by atoms with van der Waals surface area (Å²) in [5.74, 6) is 2.74. The summed E-state index contributed by atoms with van der Waals surface area (Å²) >= 11 is 0. The number of hydrogen-bond acceptors (Lipinski definition) is 4. The molecule has 0 aromatic carbocycles. The van der Waals surface area contributed by atoms with Gasteiger partial charge in [-0.1, -0.05) is 0 Å². The summed E-state index contributed by atoms with van der Waals surface area (Å²) in [6.45, 7) is 7.48. The number of rotatable bonds is 8. The van der Waals surface area contributed by atoms with Crippen LogP contribution in [0.25, 0.3) is 0 Å². The molecule has 2 heterocycles. The lowest BCUT2D eigenvalue weighted by Crippen LogP contribution is -2.45. The Morgan fingerprint density at radius 3 is 2.78 bits per heavy atom. The van der Waals surface area contributed by atoms with Gasteiger partial charge in [-0.2, -0.15) is 0 Å². The lowest BCUT2D eigenvalue weighted by atomic mass is 10.3. The monoisotopic (exact) mass is 320 g/mol. The van der Waals surface area contributed by atoms with Gasteiger partial charge in [0.15, 0.2) is 5.96 Å². The lowest BCUT2D eigenvalue weighted by molar-refractivity contribution is 0.0389. The number of ether oxygens (including phenoxy) is 1. The van der Waals surface area contributed by atoms with Crippen molar-refractivity contribution in [2.24, 2.45) is 10.9 Å². The molecule has 2 fully saturated rings. The first-order valence-corrected chi connectivity index (χ1v) is 8.75. The van der Waals surface area contributed by atoms with Crippen molar-refractivity contribution in [3.8, 4) is 0 Å². The predicted molar refractivity (Wildman–Crippen MR) is 90.7 cm³/mol. The van der Waals surface area contributed by atoms with E-state index >= 15 is 0 Å². The molecule has 0 amide bonds. The summed E-state index contributed by atoms with van der Waals surface area (Å²) in [7, 11) is 0. The molecular weight excluding hydrogens is 292 g/mol. The summed E-state index contributed by atoms with van der Waals surface area (Å²) < 4.78 is 10.7. The number of guanidine groups is 1. The van der Waals surface area contributed by atoms with Crippen LogP contribution in [0.1, 0.15) is 18.6 Å². The van der Waals surface area contributed by atoms with E-state index in [2.05, 4.69) is 15.5 Å². The van der Waals surface area contributed by atoms with Gasteiger partial charge in [-0.05, 0) is 30.9 Å². The van der Waals surface area contributed by atoms with Gasteiger partial charge in [0.05, 0.1) is 19.5 Å². The normalized spacial score (nSPS) is 19.7. The molecule has 128 valence electrons. The van der Waals surface area contributed by atoms with E-state index in [0.29, 0.717) is 0 Å². The fraction of sp³-hybridized carbons (Fsp3) is 0.706. The molecule has 3 rings (SSSR count). The maximum atomic E-state index is 5.38. The van der Waals surface area contributed by atoms with Crippen molar-refractivity contribution < 1.29 is 9.15 Å². The Morgan fingerprint density at radius 2 is 2.04 bits per heavy atom. The molecule has 1 aromatic heterocycles. The first-order valence-electron chi connectivity index (χ1n) is 8.75. The summed E-state index contributed by atoms with van der Waals surface area (Å²) in [6, 6.07) is 3.94. The molecule has 1 saturated heterocycles. The Balaban J connectivity index is 1.37. The average Bonchev–Trinajstić information content (AvgIpc) is 3.27. The van der Waals surface area contributed by atoms with Gasteiger partial charge < -0.3 is 19.8 Å². The average molecular weight is 320 g/mol. The van der Waals surface area contributed by atoms with Crippen molar-refractivity contribution in [1.29, 1.82) is 0 Å². The minimum Gasteiger partial charge on any atom is -0.469 e. The number of nitrogens with zero attached hydrogens (tertiary/aromatic N) is 2. The molecule has 6 nitrogen and oxygen atoms in total. The van der Waals surface area contributed by atoms with Crippen LogP contribution >= 0.6 is 0 Å². The van der Waals surface area contributed by atoms with Gasteiger partial charge in [0.25, 0.3) is 0 Å². The van der Waals surface area contributed by atoms with E-state index in [-0.39, 0.29) is 0 Å². The van der Waals surface area contributed by atoms with E-state index in [1.807, 2.05) is 12.1 Å². The maximum Gasteiger partial charge on any atom is 0.191 e. The van der Waals surface area contributed by atoms with Gasteiger partial charge in [0, 0.05) is 45.7 Å². The highest BCUT2D eigenvalue weighted by atomic mass is 16.5. The van der Waals surface area contributed by atoms with Crippen LogP contribution in [0.15, 0.2) is 27.8 Å². The van der Waals surface area contributed by atoms with E-state index in [0.717, 1.165) is 76.5 Å². The quantitative estimate of drug-likeness (QED) is 0.555. The van der Waals surface area contributed by atoms with Crippen LogP contribution in [0.3, 0.4) is 0 Å². The van der Waals surface area contributed by atoms with Gasteiger partial charge in [-0.3, -0.25) is 9.89 Å². The zero-order valence-corrected chi connectivity index (χ0v) is 13.8. The van der Waals surface area contributed by atoms with Gasteiger partial charge in [0.2, 0.25) is 0 Å². The minimum atomic E-state index is 0.804. The fourth-order valence-electron chi connectivity index (χ4n) is 2.61. The third-order valence-corrected chi connectivity index (χ3v) is 4.27. The fourth-order valence-corrected chi connectivity index (χ4v) is 2.61. The van der Waals surface area contributed by atoms with Crippen LogP contribution in [0.5, 0.6) is 0 Å². The second kappa shape index (κ2) is 8.93. The molecule has 1 aromatic rings. The van der Waals surface area contributed by atoms with Crippen molar-refractivity contribution in [1.82, 2.24) is 15.5 Å². The molecule has 0 atom stereocenters. The molecule has 1 aliphatic heterocycles. The number of morpholine rings is 1. The van der Waals surface area contributed by atoms with Crippen LogP contribution in [-0.2, 0) is 11.2 Å². The summed E-state index contributed by atoms with van der Waals surface area (Å²) in [5.41, 5.74) is 0. The highest BCUT2D eigenvalue weighted by Crippen LogP contribution is 2.28. The largest absolute Gasteiger partial charge is 0.469 e. The van der Waals surface area contributed by atoms with E-state index in [1.54, 1.807) is 6.26 Å². The van der Waals surface area contributed by atoms with E-state index in [4.69, 9.17) is 14.1 Å². The number of nitrogens with one attached hydrogen (secondary N) is 2. The van der Waals surface area contributed by atoms with E-state index in [9.17, 15) is 0 Å². The SMILES string of the molecule is c1coc(CCNC(=NCC2CC2)NCCN2CCOCC2)c1. The standard InChI is InChI=1S/C17H28N4O2/c1-2-16(23-11-1)5-6-18-17(20-14-15-3-4-15)19-7-8-21-9-12-22-13-10-21/h1-2,11,15H,3-10,12-14H2,(H2,18,19,20). The Kier molecular flexibility index (Phi) is 6.34. The summed E-state index contributed by atoms with van der Waals surface area (Å²) in [6.07, 6.45) is 5.26. The number of furan rings is 1. The van der Waals surface area contributed by atoms with E-state index in [1.165, 1.54) is 12.8 Å². The molecule has 1 aliphatic carbocycles. The van der Waals surface area contributed by atoms with Gasteiger partial charge in [-0.25, -0.2) is 0 Å². The predicted octanol–water partition coefficient (Wildman–Crippen LogP) is 1.10. The van der Waals surface area contributed by atoms with Crippen molar-refractivity contribution in [2.75, 3.05) is 52.5 Å². The third kappa shape index (κ3) is 6.23. The number of hydrogen-bond donors (Lipinski definition) is 2. The maximum absolute atomic E-state index is 5.38. The third-order valence-electron chi connectivity index (χ3n) is 4.27. The zero-order valence-electron chi connectivity index (χ0n) is 13.8. The second-order valence-corrected chi connectivity index (χ2v) is 6.27. The van der Waals surface area contributed by atoms with Crippen LogP contribution in [-0.4, -0.2) is 63.3 Å². The van der Waals surface area contributed by atoms with Gasteiger partial charge >= 0.3 is 0 Å². The molecule has 2 N–H and O–H groups in total. The van der Waals surface area contributed by atoms with Crippen LogP contribution in [0.4, 0.5) is 0 Å². The van der Waals surface area contributed by atoms with E-state index < -0.39 is 0 Å². The topological polar surface area (TPSA) is 62.0 Å². The molecule has 23 heavy (non-hydrogen) atoms. The number of aliphatic imine (C=N–C) groups is 1. The Morgan fingerprint density at radius 1 is 1.22 bits per heavy atom. The van der Waals surface area contributed by atoms with Crippen LogP contribution in [0.2, 0.25) is 0 Å². The highest BCUT2D eigenvalue weighted by molar-refractivity contribution is 5.79. The van der Waals surface area contributed by atoms with Gasteiger partial charge in [0.1, 0.15) is 5.76 Å². The molecule has 1 saturated carbocycles. The molecule has 0 spiro atoms. The minimum absolute atomic E-state index is 0.804. The first-order chi connectivity index (χ1) is 11.4. The molecular formula is C17H28N4O2. The van der Waals surface area contributed by atoms with Gasteiger partial charge in [-0.15, -0.1) is 0 Å². The summed E-state index contributed by atoms with van der Waals surface area (Å²) in [5, 5.41) is 6.87. The van der Waals surface area contributed by atoms with Crippen molar-refractivity contribution >= 4 is 5.96 Å². The molecule has 6 heteroatoms. The van der Waals surface area contributed by atoms with Crippen LogP contribution in [0, 0.1) is 5.92 Å². The smallest absolute Gasteiger partial charge is 0.191 e. The summed E-state index contributed by atoms with van der Waals surface area (Å²) in [4.78, 5) is 7.14. The molecule has 2 aliphatic rings. The Bertz CT molecular complexity index is 465. The molecule has 0 unspecified atom stereocenters. The second-order valence-electron chi connectivity index (χ2n) is 6.27.